The van der Waals surface area contributed by atoms with Crippen LogP contribution in [0.5, 0.6) is 0 Å². The zero-order chi connectivity index (χ0) is 17.3. The molecule has 0 aliphatic carbocycles. The second kappa shape index (κ2) is 6.64. The maximum absolute atomic E-state index is 12.6. The predicted octanol–water partition coefficient (Wildman–Crippen LogP) is 3.35. The molecule has 1 amide bonds. The van der Waals surface area contributed by atoms with Crippen LogP contribution in [0.4, 0.5) is 5.13 Å². The van der Waals surface area contributed by atoms with Crippen molar-refractivity contribution in [2.24, 2.45) is 0 Å². The lowest BCUT2D eigenvalue weighted by Crippen LogP contribution is -2.12. The van der Waals surface area contributed by atoms with Crippen LogP contribution in [0.25, 0.3) is 5.65 Å². The molecule has 3 aromatic heterocycles. The van der Waals surface area contributed by atoms with Crippen LogP contribution in [-0.2, 0) is 0 Å². The first-order valence-corrected chi connectivity index (χ1v) is 8.81. The minimum Gasteiger partial charge on any atom is -0.296 e. The van der Waals surface area contributed by atoms with Crippen LogP contribution in [0.2, 0.25) is 0 Å². The first-order chi connectivity index (χ1) is 11.5. The van der Waals surface area contributed by atoms with Crippen LogP contribution in [-0.4, -0.2) is 30.7 Å². The third-order valence-corrected chi connectivity index (χ3v) is 5.02. The Balaban J connectivity index is 1.86. The van der Waals surface area contributed by atoms with Gasteiger partial charge < -0.3 is 0 Å². The Hall–Kier alpha value is -2.35. The van der Waals surface area contributed by atoms with Crippen molar-refractivity contribution in [1.29, 1.82) is 0 Å². The number of nitrogens with zero attached hydrogens (tertiary/aromatic N) is 5. The van der Waals surface area contributed by atoms with E-state index in [0.29, 0.717) is 22.3 Å². The lowest BCUT2D eigenvalue weighted by Gasteiger charge is -2.05. The third-order valence-electron chi connectivity index (χ3n) is 4.02. The number of anilines is 1. The Morgan fingerprint density at radius 2 is 2.04 bits per heavy atom. The van der Waals surface area contributed by atoms with Crippen molar-refractivity contribution in [2.45, 2.75) is 46.5 Å². The molecule has 0 aliphatic rings. The van der Waals surface area contributed by atoms with Gasteiger partial charge in [0.1, 0.15) is 10.6 Å². The number of fused-ring (bicyclic) bond motifs is 1. The second-order valence-electron chi connectivity index (χ2n) is 5.75. The number of nitrogens with one attached hydrogen (secondary N) is 1. The summed E-state index contributed by atoms with van der Waals surface area (Å²) in [5, 5.41) is 16.8. The normalized spacial score (nSPS) is 11.4. The molecule has 8 heteroatoms. The zero-order valence-electron chi connectivity index (χ0n) is 14.2. The summed E-state index contributed by atoms with van der Waals surface area (Å²) in [6, 6.07) is 1.92. The van der Waals surface area contributed by atoms with Crippen LogP contribution in [0.3, 0.4) is 0 Å². The standard InChI is InChI=1S/C16H20N6OS/c1-5-11(6-2)15-20-21-16(24-15)19-14(23)12-8-17-22-10(4)7-9(3)18-13(12)22/h7-8,11H,5-6H2,1-4H3,(H,19,21,23). The van der Waals surface area contributed by atoms with E-state index < -0.39 is 0 Å². The monoisotopic (exact) mass is 344 g/mol. The van der Waals surface area contributed by atoms with Gasteiger partial charge in [0.05, 0.1) is 6.20 Å². The molecule has 0 atom stereocenters. The molecule has 0 saturated carbocycles. The first kappa shape index (κ1) is 16.5. The molecule has 3 rings (SSSR count). The van der Waals surface area contributed by atoms with Gasteiger partial charge in [-0.05, 0) is 32.8 Å². The highest BCUT2D eigenvalue weighted by Crippen LogP contribution is 2.28. The van der Waals surface area contributed by atoms with Crippen molar-refractivity contribution in [3.8, 4) is 0 Å². The Morgan fingerprint density at radius 3 is 2.75 bits per heavy atom. The lowest BCUT2D eigenvalue weighted by molar-refractivity contribution is 0.102. The van der Waals surface area contributed by atoms with Gasteiger partial charge in [-0.2, -0.15) is 5.10 Å². The van der Waals surface area contributed by atoms with Crippen molar-refractivity contribution in [1.82, 2.24) is 24.8 Å². The van der Waals surface area contributed by atoms with E-state index in [2.05, 4.69) is 39.4 Å². The van der Waals surface area contributed by atoms with Crippen LogP contribution in [0.1, 0.15) is 59.4 Å². The quantitative estimate of drug-likeness (QED) is 0.767. The lowest BCUT2D eigenvalue weighted by atomic mass is 10.1. The predicted molar refractivity (Wildman–Crippen MR) is 93.6 cm³/mol. The minimum absolute atomic E-state index is 0.269. The highest BCUT2D eigenvalue weighted by Gasteiger charge is 2.19. The minimum atomic E-state index is -0.269. The van der Waals surface area contributed by atoms with E-state index in [0.717, 1.165) is 29.2 Å². The summed E-state index contributed by atoms with van der Waals surface area (Å²) < 4.78 is 1.66. The number of hydrogen-bond acceptors (Lipinski definition) is 6. The molecule has 0 aliphatic heterocycles. The van der Waals surface area contributed by atoms with Crippen LogP contribution in [0, 0.1) is 13.8 Å². The number of carbonyl (C=O) groups is 1. The summed E-state index contributed by atoms with van der Waals surface area (Å²) in [5.74, 6) is 0.117. The molecule has 3 heterocycles. The van der Waals surface area contributed by atoms with Gasteiger partial charge in [0, 0.05) is 17.3 Å². The van der Waals surface area contributed by atoms with Gasteiger partial charge in [0.2, 0.25) is 5.13 Å². The molecule has 0 unspecified atom stereocenters. The average molecular weight is 344 g/mol. The Kier molecular flexibility index (Phi) is 4.57. The highest BCUT2D eigenvalue weighted by atomic mass is 32.1. The molecule has 0 radical (unpaired) electrons. The van der Waals surface area contributed by atoms with Crippen LogP contribution < -0.4 is 5.32 Å². The van der Waals surface area contributed by atoms with Gasteiger partial charge in [-0.3, -0.25) is 10.1 Å². The molecule has 7 nitrogen and oxygen atoms in total. The molecule has 0 fully saturated rings. The zero-order valence-corrected chi connectivity index (χ0v) is 15.0. The third kappa shape index (κ3) is 3.01. The van der Waals surface area contributed by atoms with E-state index in [1.165, 1.54) is 17.5 Å². The topological polar surface area (TPSA) is 85.1 Å². The fraction of sp³-hybridized carbons (Fsp3) is 0.438. The molecule has 0 saturated heterocycles. The number of rotatable bonds is 5. The average Bonchev–Trinajstić information content (AvgIpc) is 3.15. The van der Waals surface area contributed by atoms with E-state index in [4.69, 9.17) is 0 Å². The Bertz CT molecular complexity index is 880. The molecular formula is C16H20N6OS. The van der Waals surface area contributed by atoms with E-state index >= 15 is 0 Å². The smallest absolute Gasteiger partial charge is 0.262 e. The van der Waals surface area contributed by atoms with Gasteiger partial charge in [0.25, 0.3) is 5.91 Å². The van der Waals surface area contributed by atoms with Crippen molar-refractivity contribution >= 4 is 28.0 Å². The molecule has 24 heavy (non-hydrogen) atoms. The van der Waals surface area contributed by atoms with Crippen molar-refractivity contribution in [2.75, 3.05) is 5.32 Å². The van der Waals surface area contributed by atoms with Gasteiger partial charge in [-0.1, -0.05) is 25.2 Å². The van der Waals surface area contributed by atoms with Crippen molar-refractivity contribution in [3.05, 3.63) is 34.2 Å². The number of aromatic nitrogens is 5. The van der Waals surface area contributed by atoms with Gasteiger partial charge in [-0.25, -0.2) is 9.50 Å². The van der Waals surface area contributed by atoms with Gasteiger partial charge >= 0.3 is 0 Å². The van der Waals surface area contributed by atoms with Crippen molar-refractivity contribution in [3.63, 3.8) is 0 Å². The summed E-state index contributed by atoms with van der Waals surface area (Å²) in [4.78, 5) is 17.0. The summed E-state index contributed by atoms with van der Waals surface area (Å²) >= 11 is 1.43. The van der Waals surface area contributed by atoms with Crippen molar-refractivity contribution < 1.29 is 4.79 Å². The number of amides is 1. The molecule has 1 N–H and O–H groups in total. The van der Waals surface area contributed by atoms with E-state index in [-0.39, 0.29) is 5.91 Å². The maximum atomic E-state index is 12.6. The fourth-order valence-electron chi connectivity index (χ4n) is 2.68. The summed E-state index contributed by atoms with van der Waals surface area (Å²) in [7, 11) is 0. The summed E-state index contributed by atoms with van der Waals surface area (Å²) in [6.07, 6.45) is 3.55. The molecular weight excluding hydrogens is 324 g/mol. The number of hydrogen-bond donors (Lipinski definition) is 1. The Morgan fingerprint density at radius 1 is 1.29 bits per heavy atom. The maximum Gasteiger partial charge on any atom is 0.262 e. The summed E-state index contributed by atoms with van der Waals surface area (Å²) in [5.41, 5.74) is 2.76. The van der Waals surface area contributed by atoms with E-state index in [1.807, 2.05) is 19.9 Å². The van der Waals surface area contributed by atoms with E-state index in [1.54, 1.807) is 4.52 Å². The number of aryl methyl sites for hydroxylation is 2. The van der Waals surface area contributed by atoms with E-state index in [9.17, 15) is 4.79 Å². The molecule has 126 valence electrons. The molecule has 3 aromatic rings. The summed E-state index contributed by atoms with van der Waals surface area (Å²) in [6.45, 7) is 8.09. The highest BCUT2D eigenvalue weighted by molar-refractivity contribution is 7.15. The second-order valence-corrected chi connectivity index (χ2v) is 6.75. The van der Waals surface area contributed by atoms with Gasteiger partial charge in [0.15, 0.2) is 5.65 Å². The first-order valence-electron chi connectivity index (χ1n) is 8.00. The largest absolute Gasteiger partial charge is 0.296 e. The molecule has 0 spiro atoms. The molecule has 0 bridgehead atoms. The number of carbonyl (C=O) groups excluding carboxylic acids is 1. The molecule has 0 aromatic carbocycles. The Labute approximate surface area is 144 Å². The van der Waals surface area contributed by atoms with Crippen LogP contribution in [0.15, 0.2) is 12.3 Å². The fourth-order valence-corrected chi connectivity index (χ4v) is 3.69. The van der Waals surface area contributed by atoms with Crippen LogP contribution >= 0.6 is 11.3 Å². The SMILES string of the molecule is CCC(CC)c1nnc(NC(=O)c2cnn3c(C)cc(C)nc23)s1. The van der Waals surface area contributed by atoms with Gasteiger partial charge in [-0.15, -0.1) is 10.2 Å².